The quantitative estimate of drug-likeness (QED) is 0.856. The molecule has 2 aliphatic heterocycles. The second-order valence-corrected chi connectivity index (χ2v) is 7.64. The molecular weight excluding hydrogens is 306 g/mol. The van der Waals surface area contributed by atoms with Crippen LogP contribution in [0, 0.1) is 11.8 Å². The molecule has 2 rings (SSSR count). The Bertz CT molecular complexity index is 439. The largest absolute Gasteiger partial charge is 0.378 e. The molecule has 2 fully saturated rings. The molecule has 0 aromatic heterocycles. The summed E-state index contributed by atoms with van der Waals surface area (Å²) >= 11 is 0. The third-order valence-corrected chi connectivity index (χ3v) is 4.97. The minimum absolute atomic E-state index is 0.00301. The van der Waals surface area contributed by atoms with E-state index in [1.165, 1.54) is 0 Å². The van der Waals surface area contributed by atoms with Crippen molar-refractivity contribution in [1.29, 1.82) is 0 Å². The highest BCUT2D eigenvalue weighted by atomic mass is 16.5. The summed E-state index contributed by atoms with van der Waals surface area (Å²) in [5.41, 5.74) is 0. The van der Waals surface area contributed by atoms with Crippen LogP contribution in [0.5, 0.6) is 0 Å². The number of rotatable bonds is 3. The summed E-state index contributed by atoms with van der Waals surface area (Å²) in [6.45, 7) is 11.6. The zero-order valence-corrected chi connectivity index (χ0v) is 15.6. The molecule has 2 saturated heterocycles. The predicted octanol–water partition coefficient (Wildman–Crippen LogP) is 2.09. The Morgan fingerprint density at radius 2 is 1.71 bits per heavy atom. The van der Waals surface area contributed by atoms with Crippen LogP contribution in [-0.4, -0.2) is 66.7 Å². The van der Waals surface area contributed by atoms with E-state index in [4.69, 9.17) is 4.74 Å². The van der Waals surface area contributed by atoms with Crippen molar-refractivity contribution >= 4 is 11.9 Å². The molecule has 2 heterocycles. The minimum atomic E-state index is 0.00301. The summed E-state index contributed by atoms with van der Waals surface area (Å²) in [5.74, 6) is 0.667. The van der Waals surface area contributed by atoms with Gasteiger partial charge in [0.1, 0.15) is 0 Å². The van der Waals surface area contributed by atoms with E-state index >= 15 is 0 Å². The number of urea groups is 1. The second-order valence-electron chi connectivity index (χ2n) is 7.64. The van der Waals surface area contributed by atoms with Crippen LogP contribution in [0.1, 0.15) is 47.0 Å². The van der Waals surface area contributed by atoms with Crippen molar-refractivity contribution in [3.63, 3.8) is 0 Å². The van der Waals surface area contributed by atoms with Gasteiger partial charge in [-0.25, -0.2) is 4.79 Å². The van der Waals surface area contributed by atoms with Gasteiger partial charge in [0, 0.05) is 44.7 Å². The molecule has 0 spiro atoms. The molecule has 0 saturated carbocycles. The number of nitrogens with one attached hydrogen (secondary N) is 1. The maximum Gasteiger partial charge on any atom is 0.317 e. The summed E-state index contributed by atoms with van der Waals surface area (Å²) < 4.78 is 5.77. The number of nitrogens with zero attached hydrogens (tertiary/aromatic N) is 2. The van der Waals surface area contributed by atoms with Crippen molar-refractivity contribution in [3.8, 4) is 0 Å². The van der Waals surface area contributed by atoms with Crippen molar-refractivity contribution < 1.29 is 14.3 Å². The van der Waals surface area contributed by atoms with Gasteiger partial charge in [-0.1, -0.05) is 27.7 Å². The smallest absolute Gasteiger partial charge is 0.317 e. The molecule has 1 N–H and O–H groups in total. The van der Waals surface area contributed by atoms with E-state index in [1.54, 1.807) is 0 Å². The lowest BCUT2D eigenvalue weighted by Crippen LogP contribution is -2.49. The fourth-order valence-electron chi connectivity index (χ4n) is 3.40. The van der Waals surface area contributed by atoms with E-state index < -0.39 is 0 Å². The van der Waals surface area contributed by atoms with Gasteiger partial charge in [-0.2, -0.15) is 0 Å². The van der Waals surface area contributed by atoms with Crippen LogP contribution in [0.15, 0.2) is 0 Å². The maximum absolute atomic E-state index is 12.6. The highest BCUT2D eigenvalue weighted by Gasteiger charge is 2.28. The maximum atomic E-state index is 12.6. The van der Waals surface area contributed by atoms with Crippen LogP contribution in [0.2, 0.25) is 0 Å². The minimum Gasteiger partial charge on any atom is -0.378 e. The van der Waals surface area contributed by atoms with Crippen LogP contribution in [0.25, 0.3) is 0 Å². The van der Waals surface area contributed by atoms with E-state index in [-0.39, 0.29) is 30.0 Å². The van der Waals surface area contributed by atoms with Gasteiger partial charge in [-0.3, -0.25) is 4.79 Å². The molecule has 138 valence electrons. The third-order valence-electron chi connectivity index (χ3n) is 4.97. The molecule has 0 radical (unpaired) electrons. The average molecular weight is 339 g/mol. The van der Waals surface area contributed by atoms with E-state index in [0.29, 0.717) is 32.2 Å². The molecule has 0 unspecified atom stereocenters. The molecule has 0 aromatic carbocycles. The van der Waals surface area contributed by atoms with Gasteiger partial charge in [0.15, 0.2) is 0 Å². The topological polar surface area (TPSA) is 61.9 Å². The fourth-order valence-corrected chi connectivity index (χ4v) is 3.40. The highest BCUT2D eigenvalue weighted by molar-refractivity contribution is 5.78. The summed E-state index contributed by atoms with van der Waals surface area (Å²) in [6, 6.07) is 0.193. The lowest BCUT2D eigenvalue weighted by Gasteiger charge is -2.33. The molecule has 6 heteroatoms. The fraction of sp³-hybridized carbons (Fsp3) is 0.889. The van der Waals surface area contributed by atoms with Crippen molar-refractivity contribution in [1.82, 2.24) is 15.1 Å². The Balaban J connectivity index is 1.83. The Labute approximate surface area is 145 Å². The van der Waals surface area contributed by atoms with E-state index in [2.05, 4.69) is 19.2 Å². The monoisotopic (exact) mass is 339 g/mol. The zero-order valence-electron chi connectivity index (χ0n) is 15.6. The lowest BCUT2D eigenvalue weighted by molar-refractivity contribution is -0.134. The average Bonchev–Trinajstić information content (AvgIpc) is 2.80. The second kappa shape index (κ2) is 8.70. The summed E-state index contributed by atoms with van der Waals surface area (Å²) in [5, 5.41) is 3.17. The lowest BCUT2D eigenvalue weighted by atomic mass is 9.95. The van der Waals surface area contributed by atoms with Crippen LogP contribution in [0.4, 0.5) is 4.79 Å². The first-order valence-electron chi connectivity index (χ1n) is 9.34. The summed E-state index contributed by atoms with van der Waals surface area (Å²) in [7, 11) is 0. The molecule has 2 atom stereocenters. The molecule has 6 nitrogen and oxygen atoms in total. The molecule has 0 aliphatic carbocycles. The molecule has 0 aromatic rings. The van der Waals surface area contributed by atoms with E-state index in [1.807, 2.05) is 23.6 Å². The predicted molar refractivity (Wildman–Crippen MR) is 93.7 cm³/mol. The number of hydrogen-bond acceptors (Lipinski definition) is 3. The standard InChI is InChI=1S/C18H33N3O3/c1-13(2)16-12-15(6-11-24-16)19-18(23)21-8-5-7-20(9-10-21)17(22)14(3)4/h13-16H,5-12H2,1-4H3,(H,19,23)/t15-,16-/m0/s1. The van der Waals surface area contributed by atoms with Crippen LogP contribution in [-0.2, 0) is 9.53 Å². The number of carbonyl (C=O) groups excluding carboxylic acids is 2. The van der Waals surface area contributed by atoms with Crippen molar-refractivity contribution in [2.75, 3.05) is 32.8 Å². The molecule has 3 amide bonds. The van der Waals surface area contributed by atoms with Gasteiger partial charge in [0.25, 0.3) is 0 Å². The molecular formula is C18H33N3O3. The zero-order chi connectivity index (χ0) is 17.7. The number of carbonyl (C=O) groups is 2. The van der Waals surface area contributed by atoms with Crippen molar-refractivity contribution in [2.45, 2.75) is 59.1 Å². The molecule has 2 aliphatic rings. The van der Waals surface area contributed by atoms with Crippen LogP contribution in [0.3, 0.4) is 0 Å². The Morgan fingerprint density at radius 3 is 2.38 bits per heavy atom. The Kier molecular flexibility index (Phi) is 6.90. The Morgan fingerprint density at radius 1 is 1.04 bits per heavy atom. The summed E-state index contributed by atoms with van der Waals surface area (Å²) in [4.78, 5) is 28.5. The molecule has 24 heavy (non-hydrogen) atoms. The first-order valence-corrected chi connectivity index (χ1v) is 9.34. The van der Waals surface area contributed by atoms with E-state index in [0.717, 1.165) is 25.8 Å². The molecule has 0 bridgehead atoms. The number of amides is 3. The normalized spacial score (nSPS) is 25.8. The van der Waals surface area contributed by atoms with Gasteiger partial charge in [-0.05, 0) is 25.2 Å². The Hall–Kier alpha value is -1.30. The van der Waals surface area contributed by atoms with Crippen molar-refractivity contribution in [3.05, 3.63) is 0 Å². The van der Waals surface area contributed by atoms with Crippen LogP contribution < -0.4 is 5.32 Å². The number of ether oxygens (including phenoxy) is 1. The van der Waals surface area contributed by atoms with Crippen molar-refractivity contribution in [2.24, 2.45) is 11.8 Å². The first-order chi connectivity index (χ1) is 11.4. The van der Waals surface area contributed by atoms with Gasteiger partial charge < -0.3 is 19.9 Å². The van der Waals surface area contributed by atoms with Gasteiger partial charge in [0.05, 0.1) is 6.10 Å². The highest BCUT2D eigenvalue weighted by Crippen LogP contribution is 2.20. The van der Waals surface area contributed by atoms with Gasteiger partial charge >= 0.3 is 6.03 Å². The van der Waals surface area contributed by atoms with Gasteiger partial charge in [-0.15, -0.1) is 0 Å². The summed E-state index contributed by atoms with van der Waals surface area (Å²) in [6.07, 6.45) is 2.83. The third kappa shape index (κ3) is 5.10. The SMILES string of the molecule is CC(C)C(=O)N1CCCN(C(=O)N[C@H]2CCO[C@H](C(C)C)C2)CC1. The number of hydrogen-bond donors (Lipinski definition) is 1. The van der Waals surface area contributed by atoms with E-state index in [9.17, 15) is 9.59 Å². The van der Waals surface area contributed by atoms with Gasteiger partial charge in [0.2, 0.25) is 5.91 Å². The van der Waals surface area contributed by atoms with Crippen LogP contribution >= 0.6 is 0 Å². The first kappa shape index (κ1) is 19.0.